The Morgan fingerprint density at radius 1 is 1.33 bits per heavy atom. The van der Waals surface area contributed by atoms with Crippen molar-refractivity contribution in [3.8, 4) is 0 Å². The number of amides is 2. The number of hydrogen-bond acceptors (Lipinski definition) is 3. The zero-order valence-corrected chi connectivity index (χ0v) is 19.2. The summed E-state index contributed by atoms with van der Waals surface area (Å²) in [5.74, 6) is -0.282. The van der Waals surface area contributed by atoms with Gasteiger partial charge in [-0.3, -0.25) is 9.59 Å². The predicted molar refractivity (Wildman–Crippen MR) is 120 cm³/mol. The van der Waals surface area contributed by atoms with Gasteiger partial charge in [0.15, 0.2) is 0 Å². The molecule has 0 saturated heterocycles. The third-order valence-electron chi connectivity index (χ3n) is 5.14. The fraction of sp³-hybridized carbons (Fsp3) is 0.400. The number of hydrogen-bond donors (Lipinski definition) is 2. The molecule has 144 valence electrons. The summed E-state index contributed by atoms with van der Waals surface area (Å²) in [7, 11) is 0. The summed E-state index contributed by atoms with van der Waals surface area (Å²) >= 11 is 9.78. The second-order valence-electron chi connectivity index (χ2n) is 7.96. The molecule has 1 aliphatic carbocycles. The number of fused-ring (bicyclic) bond motifs is 1. The van der Waals surface area contributed by atoms with Gasteiger partial charge in [-0.15, -0.1) is 11.3 Å². The maximum absolute atomic E-state index is 12.8. The molecule has 2 amide bonds. The average Bonchev–Trinajstić information content (AvgIpc) is 2.93. The van der Waals surface area contributed by atoms with E-state index in [1.54, 1.807) is 12.1 Å². The van der Waals surface area contributed by atoms with Gasteiger partial charge in [0.25, 0.3) is 11.8 Å². The Kier molecular flexibility index (Phi) is 5.89. The fourth-order valence-corrected chi connectivity index (χ4v) is 5.54. The Morgan fingerprint density at radius 3 is 2.67 bits per heavy atom. The van der Waals surface area contributed by atoms with Gasteiger partial charge in [0.05, 0.1) is 16.1 Å². The number of carbonyl (C=O) groups excluding carboxylic acids is 2. The Morgan fingerprint density at radius 2 is 2.04 bits per heavy atom. The molecular weight excluding hydrogens is 495 g/mol. The Hall–Kier alpha value is -1.12. The number of thiophene rings is 1. The van der Waals surface area contributed by atoms with E-state index in [9.17, 15) is 9.59 Å². The van der Waals surface area contributed by atoms with Crippen LogP contribution in [0.4, 0.5) is 5.00 Å². The molecule has 0 fully saturated rings. The minimum Gasteiger partial charge on any atom is -0.365 e. The van der Waals surface area contributed by atoms with Crippen LogP contribution in [-0.4, -0.2) is 11.8 Å². The van der Waals surface area contributed by atoms with Crippen molar-refractivity contribution in [3.05, 3.63) is 48.4 Å². The standard InChI is InChI=1S/C20H22ClIN2O2S/c1-20(2,3)10-4-6-12-15(8-10)27-19(16(12)17(23)25)24-18(26)13-9-11(22)5-7-14(13)21/h5,7,9-10H,4,6,8H2,1-3H3,(H2,23,25)(H,24,26)/t10-/m1/s1. The van der Waals surface area contributed by atoms with Crippen LogP contribution in [0, 0.1) is 14.9 Å². The SMILES string of the molecule is CC(C)(C)[C@@H]1CCc2c(sc(NC(=O)c3cc(I)ccc3Cl)c2C(N)=O)C1. The van der Waals surface area contributed by atoms with Crippen LogP contribution in [0.1, 0.15) is 58.3 Å². The number of carbonyl (C=O) groups is 2. The van der Waals surface area contributed by atoms with E-state index in [1.165, 1.54) is 11.3 Å². The summed E-state index contributed by atoms with van der Waals surface area (Å²) in [4.78, 5) is 26.0. The molecule has 1 atom stereocenters. The van der Waals surface area contributed by atoms with Gasteiger partial charge in [0, 0.05) is 8.45 Å². The number of nitrogens with two attached hydrogens (primary N) is 1. The van der Waals surface area contributed by atoms with Crippen molar-refractivity contribution in [1.29, 1.82) is 0 Å². The maximum atomic E-state index is 12.8. The van der Waals surface area contributed by atoms with Gasteiger partial charge in [-0.1, -0.05) is 32.4 Å². The molecule has 0 bridgehead atoms. The summed E-state index contributed by atoms with van der Waals surface area (Å²) in [6, 6.07) is 5.26. The molecule has 0 unspecified atom stereocenters. The number of primary amides is 1. The van der Waals surface area contributed by atoms with Crippen LogP contribution in [0.2, 0.25) is 5.02 Å². The third-order valence-corrected chi connectivity index (χ3v) is 7.31. The molecule has 0 aliphatic heterocycles. The highest BCUT2D eigenvalue weighted by Crippen LogP contribution is 2.44. The van der Waals surface area contributed by atoms with Crippen molar-refractivity contribution in [2.45, 2.75) is 40.0 Å². The summed E-state index contributed by atoms with van der Waals surface area (Å²) in [5.41, 5.74) is 7.70. The molecule has 1 aliphatic rings. The maximum Gasteiger partial charge on any atom is 0.257 e. The number of benzene rings is 1. The minimum absolute atomic E-state index is 0.201. The van der Waals surface area contributed by atoms with E-state index in [-0.39, 0.29) is 11.3 Å². The van der Waals surface area contributed by atoms with E-state index in [0.29, 0.717) is 27.1 Å². The smallest absolute Gasteiger partial charge is 0.257 e. The van der Waals surface area contributed by atoms with Gasteiger partial charge in [-0.05, 0) is 76.9 Å². The van der Waals surface area contributed by atoms with Crippen LogP contribution in [0.3, 0.4) is 0 Å². The van der Waals surface area contributed by atoms with E-state index >= 15 is 0 Å². The van der Waals surface area contributed by atoms with E-state index < -0.39 is 5.91 Å². The summed E-state index contributed by atoms with van der Waals surface area (Å²) in [6.45, 7) is 6.73. The lowest BCUT2D eigenvalue weighted by Crippen LogP contribution is -2.27. The van der Waals surface area contributed by atoms with Gasteiger partial charge in [0.1, 0.15) is 5.00 Å². The van der Waals surface area contributed by atoms with Gasteiger partial charge in [-0.25, -0.2) is 0 Å². The first-order chi connectivity index (χ1) is 12.6. The summed E-state index contributed by atoms with van der Waals surface area (Å²) in [6.07, 6.45) is 2.74. The summed E-state index contributed by atoms with van der Waals surface area (Å²) in [5, 5.41) is 3.79. The largest absolute Gasteiger partial charge is 0.365 e. The molecule has 0 spiro atoms. The van der Waals surface area contributed by atoms with Crippen molar-refractivity contribution >= 4 is 62.3 Å². The molecule has 1 aromatic carbocycles. The lowest BCUT2D eigenvalue weighted by molar-refractivity contribution is 0.1000. The summed E-state index contributed by atoms with van der Waals surface area (Å²) < 4.78 is 0.913. The van der Waals surface area contributed by atoms with Crippen molar-refractivity contribution in [1.82, 2.24) is 0 Å². The quantitative estimate of drug-likeness (QED) is 0.528. The Bertz CT molecular complexity index is 917. The number of halogens is 2. The van der Waals surface area contributed by atoms with Crippen LogP contribution in [-0.2, 0) is 12.8 Å². The van der Waals surface area contributed by atoms with Crippen LogP contribution < -0.4 is 11.1 Å². The molecule has 0 radical (unpaired) electrons. The van der Waals surface area contributed by atoms with Crippen LogP contribution in [0.15, 0.2) is 18.2 Å². The topological polar surface area (TPSA) is 72.2 Å². The zero-order valence-electron chi connectivity index (χ0n) is 15.5. The van der Waals surface area contributed by atoms with Crippen molar-refractivity contribution < 1.29 is 9.59 Å². The average molecular weight is 517 g/mol. The molecular formula is C20H22ClIN2O2S. The van der Waals surface area contributed by atoms with Crippen LogP contribution >= 0.6 is 45.5 Å². The third kappa shape index (κ3) is 4.32. The highest BCUT2D eigenvalue weighted by molar-refractivity contribution is 14.1. The van der Waals surface area contributed by atoms with E-state index in [1.807, 2.05) is 6.07 Å². The first kappa shape index (κ1) is 20.6. The van der Waals surface area contributed by atoms with Gasteiger partial charge >= 0.3 is 0 Å². The second-order valence-corrected chi connectivity index (χ2v) is 10.7. The molecule has 3 rings (SSSR count). The molecule has 2 aromatic rings. The first-order valence-corrected chi connectivity index (χ1v) is 11.1. The number of nitrogens with one attached hydrogen (secondary N) is 1. The van der Waals surface area contributed by atoms with Gasteiger partial charge in [0.2, 0.25) is 0 Å². The van der Waals surface area contributed by atoms with Gasteiger partial charge < -0.3 is 11.1 Å². The molecule has 1 aromatic heterocycles. The molecule has 7 heteroatoms. The highest BCUT2D eigenvalue weighted by atomic mass is 127. The van der Waals surface area contributed by atoms with E-state index in [2.05, 4.69) is 48.7 Å². The number of rotatable bonds is 3. The van der Waals surface area contributed by atoms with Crippen molar-refractivity contribution in [2.75, 3.05) is 5.32 Å². The molecule has 4 nitrogen and oxygen atoms in total. The molecule has 1 heterocycles. The van der Waals surface area contributed by atoms with Crippen molar-refractivity contribution in [3.63, 3.8) is 0 Å². The lowest BCUT2D eigenvalue weighted by Gasteiger charge is -2.33. The minimum atomic E-state index is -0.495. The fourth-order valence-electron chi connectivity index (χ4n) is 3.52. The second kappa shape index (κ2) is 7.72. The molecule has 27 heavy (non-hydrogen) atoms. The van der Waals surface area contributed by atoms with E-state index in [0.717, 1.165) is 33.3 Å². The van der Waals surface area contributed by atoms with Crippen molar-refractivity contribution in [2.24, 2.45) is 17.1 Å². The van der Waals surface area contributed by atoms with Gasteiger partial charge in [-0.2, -0.15) is 0 Å². The Balaban J connectivity index is 1.95. The zero-order chi connectivity index (χ0) is 19.9. The molecule has 0 saturated carbocycles. The van der Waals surface area contributed by atoms with Crippen LogP contribution in [0.25, 0.3) is 0 Å². The van der Waals surface area contributed by atoms with Crippen LogP contribution in [0.5, 0.6) is 0 Å². The predicted octanol–water partition coefficient (Wildman–Crippen LogP) is 5.51. The highest BCUT2D eigenvalue weighted by Gasteiger charge is 2.33. The number of anilines is 1. The lowest BCUT2D eigenvalue weighted by atomic mass is 9.72. The van der Waals surface area contributed by atoms with E-state index in [4.69, 9.17) is 17.3 Å². The normalized spacial score (nSPS) is 16.7. The monoisotopic (exact) mass is 516 g/mol. The Labute approximate surface area is 182 Å². The first-order valence-electron chi connectivity index (χ1n) is 8.78. The molecule has 3 N–H and O–H groups in total.